The number of rotatable bonds is 7. The Morgan fingerprint density at radius 3 is 2.56 bits per heavy atom. The Kier molecular flexibility index (Phi) is 7.51. The van der Waals surface area contributed by atoms with Crippen molar-refractivity contribution in [2.75, 3.05) is 7.11 Å². The van der Waals surface area contributed by atoms with Gasteiger partial charge in [0.25, 0.3) is 11.1 Å². The highest BCUT2D eigenvalue weighted by atomic mass is 35.5. The Balaban J connectivity index is 1.49. The summed E-state index contributed by atoms with van der Waals surface area (Å²) >= 11 is 13.1. The summed E-state index contributed by atoms with van der Waals surface area (Å²) in [5.41, 5.74) is 3.49. The molecule has 0 unspecified atom stereocenters. The second-order valence-electron chi connectivity index (χ2n) is 7.69. The van der Waals surface area contributed by atoms with E-state index >= 15 is 0 Å². The molecule has 1 aliphatic rings. The second kappa shape index (κ2) is 10.6. The molecule has 0 saturated carbocycles. The fourth-order valence-electron chi connectivity index (χ4n) is 3.47. The number of benzene rings is 3. The number of imide groups is 1. The molecule has 0 aliphatic carbocycles. The van der Waals surface area contributed by atoms with Gasteiger partial charge in [0.15, 0.2) is 11.5 Å². The molecule has 34 heavy (non-hydrogen) atoms. The van der Waals surface area contributed by atoms with Crippen molar-refractivity contribution in [2.45, 2.75) is 20.1 Å². The highest BCUT2D eigenvalue weighted by Crippen LogP contribution is 2.36. The number of ether oxygens (including phenoxy) is 2. The first kappa shape index (κ1) is 24.2. The van der Waals surface area contributed by atoms with Gasteiger partial charge in [0.05, 0.1) is 18.6 Å². The molecule has 0 atom stereocenters. The summed E-state index contributed by atoms with van der Waals surface area (Å²) in [7, 11) is 1.54. The molecule has 0 bridgehead atoms. The summed E-state index contributed by atoms with van der Waals surface area (Å²) in [5, 5.41) is 0.785. The van der Waals surface area contributed by atoms with Gasteiger partial charge in [-0.15, -0.1) is 0 Å². The third-order valence-electron chi connectivity index (χ3n) is 5.18. The van der Waals surface area contributed by atoms with Crippen LogP contribution in [0.5, 0.6) is 11.5 Å². The van der Waals surface area contributed by atoms with E-state index in [-0.39, 0.29) is 24.3 Å². The normalized spacial score (nSPS) is 14.7. The molecule has 0 N–H and O–H groups in total. The number of aryl methyl sites for hydroxylation is 1. The van der Waals surface area contributed by atoms with E-state index in [2.05, 4.69) is 0 Å². The highest BCUT2D eigenvalue weighted by molar-refractivity contribution is 8.18. The molecule has 0 radical (unpaired) electrons. The van der Waals surface area contributed by atoms with Crippen LogP contribution in [0.2, 0.25) is 10.0 Å². The maximum atomic E-state index is 12.9. The Hall–Kier alpha value is -2.93. The Morgan fingerprint density at radius 2 is 1.82 bits per heavy atom. The molecular formula is C26H21Cl2NO4S. The Labute approximate surface area is 212 Å². The van der Waals surface area contributed by atoms with E-state index in [1.807, 2.05) is 31.2 Å². The van der Waals surface area contributed by atoms with Crippen molar-refractivity contribution in [1.29, 1.82) is 0 Å². The van der Waals surface area contributed by atoms with Gasteiger partial charge >= 0.3 is 0 Å². The lowest BCUT2D eigenvalue weighted by Gasteiger charge is -2.13. The van der Waals surface area contributed by atoms with Gasteiger partial charge in [-0.25, -0.2) is 0 Å². The van der Waals surface area contributed by atoms with Crippen LogP contribution in [0.1, 0.15) is 22.3 Å². The van der Waals surface area contributed by atoms with Crippen LogP contribution in [0.3, 0.4) is 0 Å². The second-order valence-corrected chi connectivity index (χ2v) is 9.53. The number of amides is 2. The van der Waals surface area contributed by atoms with Crippen molar-refractivity contribution in [1.82, 2.24) is 4.90 Å². The van der Waals surface area contributed by atoms with Crippen LogP contribution in [0.4, 0.5) is 4.79 Å². The fourth-order valence-corrected chi connectivity index (χ4v) is 4.77. The lowest BCUT2D eigenvalue weighted by molar-refractivity contribution is -0.123. The maximum absolute atomic E-state index is 12.9. The van der Waals surface area contributed by atoms with E-state index in [0.717, 1.165) is 34.0 Å². The van der Waals surface area contributed by atoms with Crippen molar-refractivity contribution in [2.24, 2.45) is 0 Å². The molecule has 1 aliphatic heterocycles. The first-order valence-electron chi connectivity index (χ1n) is 10.4. The maximum Gasteiger partial charge on any atom is 0.293 e. The van der Waals surface area contributed by atoms with Gasteiger partial charge in [0, 0.05) is 15.6 Å². The number of methoxy groups -OCH3 is 1. The summed E-state index contributed by atoms with van der Waals surface area (Å²) in [6.07, 6.45) is 1.68. The number of thioether (sulfide) groups is 1. The summed E-state index contributed by atoms with van der Waals surface area (Å²) in [6, 6.07) is 18.3. The zero-order chi connectivity index (χ0) is 24.2. The van der Waals surface area contributed by atoms with Gasteiger partial charge in [-0.3, -0.25) is 14.5 Å². The summed E-state index contributed by atoms with van der Waals surface area (Å²) in [4.78, 5) is 27.0. The number of carbonyl (C=O) groups excluding carboxylic acids is 2. The number of nitrogens with zero attached hydrogens (tertiary/aromatic N) is 1. The van der Waals surface area contributed by atoms with Crippen molar-refractivity contribution >= 4 is 52.2 Å². The molecule has 2 amide bonds. The van der Waals surface area contributed by atoms with Crippen LogP contribution in [0, 0.1) is 6.92 Å². The molecule has 3 aromatic rings. The van der Waals surface area contributed by atoms with Crippen molar-refractivity contribution < 1.29 is 19.1 Å². The SMILES string of the molecule is COc1cc(/C=C2/SC(=O)N(Cc3cccc(C)c3)C2=O)ccc1OCc1ccc(Cl)cc1Cl. The molecule has 8 heteroatoms. The van der Waals surface area contributed by atoms with Crippen LogP contribution >= 0.6 is 35.0 Å². The lowest BCUT2D eigenvalue weighted by atomic mass is 10.1. The van der Waals surface area contributed by atoms with Gasteiger partial charge in [-0.05, 0) is 60.2 Å². The van der Waals surface area contributed by atoms with Crippen LogP contribution in [0.15, 0.2) is 65.6 Å². The average molecular weight is 514 g/mol. The first-order valence-corrected chi connectivity index (χ1v) is 12.0. The minimum atomic E-state index is -0.312. The number of hydrogen-bond acceptors (Lipinski definition) is 5. The van der Waals surface area contributed by atoms with Crippen LogP contribution in [0.25, 0.3) is 6.08 Å². The molecular weight excluding hydrogens is 493 g/mol. The van der Waals surface area contributed by atoms with Crippen molar-refractivity contribution in [3.05, 3.63) is 97.9 Å². The first-order chi connectivity index (χ1) is 16.3. The lowest BCUT2D eigenvalue weighted by Crippen LogP contribution is -2.27. The number of halogens is 2. The van der Waals surface area contributed by atoms with Gasteiger partial charge in [-0.2, -0.15) is 0 Å². The predicted molar refractivity (Wildman–Crippen MR) is 136 cm³/mol. The van der Waals surface area contributed by atoms with Gasteiger partial charge in [0.2, 0.25) is 0 Å². The van der Waals surface area contributed by atoms with Gasteiger partial charge in [-0.1, -0.05) is 65.2 Å². The summed E-state index contributed by atoms with van der Waals surface area (Å²) in [6.45, 7) is 2.46. The van der Waals surface area contributed by atoms with E-state index < -0.39 is 0 Å². The smallest absolute Gasteiger partial charge is 0.293 e. The quantitative estimate of drug-likeness (QED) is 0.314. The molecule has 174 valence electrons. The Morgan fingerprint density at radius 1 is 1.00 bits per heavy atom. The molecule has 0 spiro atoms. The molecule has 3 aromatic carbocycles. The minimum Gasteiger partial charge on any atom is -0.493 e. The molecule has 5 nitrogen and oxygen atoms in total. The predicted octanol–water partition coefficient (Wildman–Crippen LogP) is 7.13. The molecule has 1 fully saturated rings. The van der Waals surface area contributed by atoms with Crippen LogP contribution in [-0.2, 0) is 17.9 Å². The van der Waals surface area contributed by atoms with E-state index in [4.69, 9.17) is 32.7 Å². The van der Waals surface area contributed by atoms with Crippen LogP contribution in [-0.4, -0.2) is 23.2 Å². The summed E-state index contributed by atoms with van der Waals surface area (Å²) < 4.78 is 11.4. The highest BCUT2D eigenvalue weighted by Gasteiger charge is 2.35. The zero-order valence-electron chi connectivity index (χ0n) is 18.5. The molecule has 0 aromatic heterocycles. The largest absolute Gasteiger partial charge is 0.493 e. The number of hydrogen-bond donors (Lipinski definition) is 0. The van der Waals surface area contributed by atoms with E-state index in [1.54, 1.807) is 42.5 Å². The third kappa shape index (κ3) is 5.58. The molecule has 4 rings (SSSR count). The van der Waals surface area contributed by atoms with Gasteiger partial charge < -0.3 is 9.47 Å². The van der Waals surface area contributed by atoms with Crippen LogP contribution < -0.4 is 9.47 Å². The topological polar surface area (TPSA) is 55.8 Å². The zero-order valence-corrected chi connectivity index (χ0v) is 20.8. The van der Waals surface area contributed by atoms with Crippen molar-refractivity contribution in [3.63, 3.8) is 0 Å². The average Bonchev–Trinajstić information content (AvgIpc) is 3.06. The molecule has 1 heterocycles. The fraction of sp³-hybridized carbons (Fsp3) is 0.154. The van der Waals surface area contributed by atoms with Crippen molar-refractivity contribution in [3.8, 4) is 11.5 Å². The monoisotopic (exact) mass is 513 g/mol. The third-order valence-corrected chi connectivity index (χ3v) is 6.67. The van der Waals surface area contributed by atoms with E-state index in [0.29, 0.717) is 26.4 Å². The number of carbonyl (C=O) groups is 2. The molecule has 1 saturated heterocycles. The standard InChI is InChI=1S/C26H21Cl2NO4S/c1-16-4-3-5-18(10-16)14-29-25(30)24(34-26(29)31)12-17-6-9-22(23(11-17)32-2)33-15-19-7-8-20(27)13-21(19)28/h3-13H,14-15H2,1-2H3/b24-12+. The van der Waals surface area contributed by atoms with E-state index in [9.17, 15) is 9.59 Å². The summed E-state index contributed by atoms with van der Waals surface area (Å²) in [5.74, 6) is 0.712. The Bertz CT molecular complexity index is 1290. The minimum absolute atomic E-state index is 0.240. The van der Waals surface area contributed by atoms with E-state index in [1.165, 1.54) is 12.0 Å². The van der Waals surface area contributed by atoms with Gasteiger partial charge in [0.1, 0.15) is 6.61 Å².